The standard InChI is InChI=1S/C25H31N3O3/c1-4-14-27-15-12-25(13-16-27)28-22(20-6-5-7-23(30-3)24(20)31-25)17-21(26-28)18-8-10-19(29-2)11-9-18/h5-11,22H,4,12-17H2,1-3H3. The first-order chi connectivity index (χ1) is 15.2. The van der Waals surface area contributed by atoms with Gasteiger partial charge in [0.1, 0.15) is 5.75 Å². The summed E-state index contributed by atoms with van der Waals surface area (Å²) in [4.78, 5) is 2.53. The van der Waals surface area contributed by atoms with Crippen LogP contribution in [-0.4, -0.2) is 55.2 Å². The molecular formula is C25H31N3O3. The molecule has 1 unspecified atom stereocenters. The van der Waals surface area contributed by atoms with Gasteiger partial charge in [0.25, 0.3) is 0 Å². The fourth-order valence-electron chi connectivity index (χ4n) is 5.16. The molecule has 1 fully saturated rings. The Hall–Kier alpha value is -2.73. The second-order valence-electron chi connectivity index (χ2n) is 8.61. The van der Waals surface area contributed by atoms with Crippen molar-refractivity contribution in [2.24, 2.45) is 5.10 Å². The third-order valence-electron chi connectivity index (χ3n) is 6.81. The highest BCUT2D eigenvalue weighted by Gasteiger charge is 2.52. The molecule has 3 heterocycles. The van der Waals surface area contributed by atoms with Gasteiger partial charge < -0.3 is 19.1 Å². The number of ether oxygens (including phenoxy) is 3. The molecule has 6 nitrogen and oxygen atoms in total. The predicted octanol–water partition coefficient (Wildman–Crippen LogP) is 4.45. The van der Waals surface area contributed by atoms with Crippen molar-refractivity contribution >= 4 is 5.71 Å². The van der Waals surface area contributed by atoms with Crippen LogP contribution in [0, 0.1) is 0 Å². The number of piperidine rings is 1. The zero-order valence-electron chi connectivity index (χ0n) is 18.6. The van der Waals surface area contributed by atoms with Gasteiger partial charge in [0.05, 0.1) is 26.0 Å². The Morgan fingerprint density at radius 2 is 1.84 bits per heavy atom. The number of nitrogens with zero attached hydrogens (tertiary/aromatic N) is 3. The summed E-state index contributed by atoms with van der Waals surface area (Å²) in [5, 5.41) is 7.42. The maximum Gasteiger partial charge on any atom is 0.200 e. The third-order valence-corrected chi connectivity index (χ3v) is 6.81. The molecule has 31 heavy (non-hydrogen) atoms. The Kier molecular flexibility index (Phi) is 5.26. The van der Waals surface area contributed by atoms with Gasteiger partial charge in [0, 0.05) is 37.9 Å². The van der Waals surface area contributed by atoms with E-state index in [-0.39, 0.29) is 6.04 Å². The molecule has 0 bridgehead atoms. The van der Waals surface area contributed by atoms with E-state index in [1.807, 2.05) is 24.3 Å². The maximum atomic E-state index is 6.79. The minimum absolute atomic E-state index is 0.161. The molecule has 3 aliphatic heterocycles. The molecule has 2 aromatic rings. The minimum Gasteiger partial charge on any atom is -0.497 e. The van der Waals surface area contributed by atoms with Crippen LogP contribution in [0.5, 0.6) is 17.2 Å². The quantitative estimate of drug-likeness (QED) is 0.714. The van der Waals surface area contributed by atoms with Crippen molar-refractivity contribution in [1.29, 1.82) is 0 Å². The van der Waals surface area contributed by atoms with Gasteiger partial charge in [0.15, 0.2) is 11.5 Å². The number of likely N-dealkylation sites (tertiary alicyclic amines) is 1. The number of fused-ring (bicyclic) bond motifs is 4. The Morgan fingerprint density at radius 1 is 1.06 bits per heavy atom. The van der Waals surface area contributed by atoms with Gasteiger partial charge in [-0.1, -0.05) is 19.1 Å². The van der Waals surface area contributed by atoms with Gasteiger partial charge in [0.2, 0.25) is 5.72 Å². The maximum absolute atomic E-state index is 6.79. The van der Waals surface area contributed by atoms with Crippen molar-refractivity contribution in [3.63, 3.8) is 0 Å². The van der Waals surface area contributed by atoms with Gasteiger partial charge in [-0.05, 0) is 48.9 Å². The second-order valence-corrected chi connectivity index (χ2v) is 8.61. The molecule has 2 aromatic carbocycles. The Labute approximate surface area is 184 Å². The van der Waals surface area contributed by atoms with Crippen molar-refractivity contribution in [2.45, 2.75) is 44.4 Å². The van der Waals surface area contributed by atoms with Crippen molar-refractivity contribution in [1.82, 2.24) is 9.91 Å². The van der Waals surface area contributed by atoms with Gasteiger partial charge >= 0.3 is 0 Å². The number of hydrazone groups is 1. The average Bonchev–Trinajstić information content (AvgIpc) is 3.27. The van der Waals surface area contributed by atoms with E-state index < -0.39 is 5.72 Å². The van der Waals surface area contributed by atoms with E-state index >= 15 is 0 Å². The largest absolute Gasteiger partial charge is 0.497 e. The van der Waals surface area contributed by atoms with E-state index in [1.165, 1.54) is 6.42 Å². The first-order valence-corrected chi connectivity index (χ1v) is 11.3. The average molecular weight is 422 g/mol. The highest BCUT2D eigenvalue weighted by molar-refractivity contribution is 6.02. The summed E-state index contributed by atoms with van der Waals surface area (Å²) in [6.07, 6.45) is 3.90. The van der Waals surface area contributed by atoms with Crippen LogP contribution in [0.25, 0.3) is 0 Å². The monoisotopic (exact) mass is 421 g/mol. The minimum atomic E-state index is -0.426. The molecule has 0 saturated carbocycles. The predicted molar refractivity (Wildman–Crippen MR) is 121 cm³/mol. The molecule has 1 spiro atoms. The lowest BCUT2D eigenvalue weighted by molar-refractivity contribution is -0.150. The number of rotatable bonds is 5. The molecule has 6 heteroatoms. The van der Waals surface area contributed by atoms with E-state index in [0.717, 1.165) is 73.0 Å². The summed E-state index contributed by atoms with van der Waals surface area (Å²) >= 11 is 0. The molecule has 1 saturated heterocycles. The SMILES string of the molecule is CCCN1CCC2(CC1)Oc1c(OC)cccc1C1CC(c3ccc(OC)cc3)=NN12. The third kappa shape index (κ3) is 3.43. The molecule has 1 atom stereocenters. The van der Waals surface area contributed by atoms with Crippen LogP contribution in [0.15, 0.2) is 47.6 Å². The number of hydrogen-bond acceptors (Lipinski definition) is 6. The van der Waals surface area contributed by atoms with Gasteiger partial charge in [-0.3, -0.25) is 0 Å². The second kappa shape index (κ2) is 8.08. The van der Waals surface area contributed by atoms with E-state index in [9.17, 15) is 0 Å². The van der Waals surface area contributed by atoms with Crippen LogP contribution in [0.3, 0.4) is 0 Å². The molecule has 164 valence electrons. The molecule has 5 rings (SSSR count). The van der Waals surface area contributed by atoms with E-state index in [1.54, 1.807) is 14.2 Å². The van der Waals surface area contributed by atoms with Crippen molar-refractivity contribution in [3.05, 3.63) is 53.6 Å². The Morgan fingerprint density at radius 3 is 2.52 bits per heavy atom. The Balaban J connectivity index is 1.53. The van der Waals surface area contributed by atoms with Crippen molar-refractivity contribution in [3.8, 4) is 17.2 Å². The highest BCUT2D eigenvalue weighted by atomic mass is 16.5. The highest BCUT2D eigenvalue weighted by Crippen LogP contribution is 2.52. The zero-order valence-corrected chi connectivity index (χ0v) is 18.6. The van der Waals surface area contributed by atoms with Crippen LogP contribution in [0.4, 0.5) is 0 Å². The summed E-state index contributed by atoms with van der Waals surface area (Å²) in [5.41, 5.74) is 2.97. The summed E-state index contributed by atoms with van der Waals surface area (Å²) in [5.74, 6) is 2.56. The number of benzene rings is 2. The molecule has 0 radical (unpaired) electrons. The number of hydrogen-bond donors (Lipinski definition) is 0. The van der Waals surface area contributed by atoms with E-state index in [4.69, 9.17) is 19.3 Å². The molecule has 0 amide bonds. The van der Waals surface area contributed by atoms with E-state index in [2.05, 4.69) is 35.0 Å². The van der Waals surface area contributed by atoms with Gasteiger partial charge in [-0.25, -0.2) is 5.01 Å². The number of methoxy groups -OCH3 is 2. The lowest BCUT2D eigenvalue weighted by Crippen LogP contribution is -2.59. The molecular weight excluding hydrogens is 390 g/mol. The fourth-order valence-corrected chi connectivity index (χ4v) is 5.16. The van der Waals surface area contributed by atoms with Crippen molar-refractivity contribution < 1.29 is 14.2 Å². The van der Waals surface area contributed by atoms with Gasteiger partial charge in [-0.15, -0.1) is 0 Å². The molecule has 3 aliphatic rings. The smallest absolute Gasteiger partial charge is 0.200 e. The van der Waals surface area contributed by atoms with Crippen LogP contribution < -0.4 is 14.2 Å². The fraction of sp³-hybridized carbons (Fsp3) is 0.480. The summed E-state index contributed by atoms with van der Waals surface area (Å²) < 4.78 is 17.8. The molecule has 0 N–H and O–H groups in total. The van der Waals surface area contributed by atoms with Crippen molar-refractivity contribution in [2.75, 3.05) is 33.9 Å². The van der Waals surface area contributed by atoms with Crippen LogP contribution in [0.2, 0.25) is 0 Å². The van der Waals surface area contributed by atoms with Crippen LogP contribution >= 0.6 is 0 Å². The van der Waals surface area contributed by atoms with E-state index in [0.29, 0.717) is 0 Å². The Bertz CT molecular complexity index is 964. The first-order valence-electron chi connectivity index (χ1n) is 11.3. The van der Waals surface area contributed by atoms with Crippen LogP contribution in [-0.2, 0) is 0 Å². The molecule has 0 aromatic heterocycles. The topological polar surface area (TPSA) is 46.5 Å². The van der Waals surface area contributed by atoms with Crippen LogP contribution in [0.1, 0.15) is 49.8 Å². The number of para-hydroxylation sites is 1. The normalized spacial score (nSPS) is 21.8. The summed E-state index contributed by atoms with van der Waals surface area (Å²) in [6.45, 7) is 5.42. The summed E-state index contributed by atoms with van der Waals surface area (Å²) in [7, 11) is 3.41. The lowest BCUT2D eigenvalue weighted by Gasteiger charge is -2.51. The zero-order chi connectivity index (χ0) is 21.4. The summed E-state index contributed by atoms with van der Waals surface area (Å²) in [6, 6.07) is 14.6. The first kappa shape index (κ1) is 20.2. The van der Waals surface area contributed by atoms with Gasteiger partial charge in [-0.2, -0.15) is 5.10 Å². The lowest BCUT2D eigenvalue weighted by atomic mass is 9.90. The molecule has 0 aliphatic carbocycles.